The maximum Gasteiger partial charge on any atom is 0.229 e. The number of nitrogens with zero attached hydrogens (tertiary/aromatic N) is 1. The van der Waals surface area contributed by atoms with Crippen molar-refractivity contribution in [2.75, 3.05) is 16.8 Å². The largest absolute Gasteiger partial charge is 0.326 e. The van der Waals surface area contributed by atoms with E-state index in [1.807, 2.05) is 58.0 Å². The van der Waals surface area contributed by atoms with Gasteiger partial charge in [0.15, 0.2) is 0 Å². The summed E-state index contributed by atoms with van der Waals surface area (Å²) in [5, 5.41) is 3.51. The molecular formula is C21H23ClN2O2. The van der Waals surface area contributed by atoms with Crippen LogP contribution in [0.5, 0.6) is 0 Å². The zero-order valence-corrected chi connectivity index (χ0v) is 16.3. The SMILES string of the molecule is Cc1ccc(NC(=O)C2CC(=O)N(c3c(C)cc(C)cc3Cl)C2)c(C)c1. The summed E-state index contributed by atoms with van der Waals surface area (Å²) >= 11 is 6.38. The molecule has 0 radical (unpaired) electrons. The van der Waals surface area contributed by atoms with E-state index in [0.29, 0.717) is 17.3 Å². The second kappa shape index (κ2) is 7.12. The van der Waals surface area contributed by atoms with Gasteiger partial charge in [-0.1, -0.05) is 35.4 Å². The van der Waals surface area contributed by atoms with Crippen molar-refractivity contribution in [3.8, 4) is 0 Å². The van der Waals surface area contributed by atoms with Crippen LogP contribution < -0.4 is 10.2 Å². The van der Waals surface area contributed by atoms with Crippen molar-refractivity contribution < 1.29 is 9.59 Å². The fourth-order valence-corrected chi connectivity index (χ4v) is 3.96. The molecule has 1 N–H and O–H groups in total. The molecule has 4 nitrogen and oxygen atoms in total. The Morgan fingerprint density at radius 3 is 2.42 bits per heavy atom. The maximum absolute atomic E-state index is 12.7. The van der Waals surface area contributed by atoms with Crippen molar-refractivity contribution in [2.24, 2.45) is 5.92 Å². The summed E-state index contributed by atoms with van der Waals surface area (Å²) < 4.78 is 0. The van der Waals surface area contributed by atoms with Crippen molar-refractivity contribution in [2.45, 2.75) is 34.1 Å². The van der Waals surface area contributed by atoms with Crippen LogP contribution in [0.25, 0.3) is 0 Å². The van der Waals surface area contributed by atoms with E-state index in [1.165, 1.54) is 0 Å². The number of aryl methyl sites for hydroxylation is 4. The van der Waals surface area contributed by atoms with Crippen molar-refractivity contribution in [3.63, 3.8) is 0 Å². The van der Waals surface area contributed by atoms with E-state index in [2.05, 4.69) is 5.32 Å². The Morgan fingerprint density at radius 2 is 1.77 bits per heavy atom. The highest BCUT2D eigenvalue weighted by atomic mass is 35.5. The molecule has 0 spiro atoms. The van der Waals surface area contributed by atoms with Crippen LogP contribution in [-0.2, 0) is 9.59 Å². The van der Waals surface area contributed by atoms with Crippen molar-refractivity contribution in [3.05, 3.63) is 57.6 Å². The number of nitrogens with one attached hydrogen (secondary N) is 1. The van der Waals surface area contributed by atoms with Gasteiger partial charge in [0.05, 0.1) is 16.6 Å². The zero-order chi connectivity index (χ0) is 19.0. The molecule has 26 heavy (non-hydrogen) atoms. The number of hydrogen-bond acceptors (Lipinski definition) is 2. The van der Waals surface area contributed by atoms with E-state index in [4.69, 9.17) is 11.6 Å². The van der Waals surface area contributed by atoms with Gasteiger partial charge in [0.2, 0.25) is 11.8 Å². The lowest BCUT2D eigenvalue weighted by Gasteiger charge is -2.21. The Balaban J connectivity index is 1.78. The molecule has 0 aliphatic carbocycles. The summed E-state index contributed by atoms with van der Waals surface area (Å²) in [6, 6.07) is 9.73. The minimum Gasteiger partial charge on any atom is -0.326 e. The first kappa shape index (κ1) is 18.5. The van der Waals surface area contributed by atoms with Gasteiger partial charge >= 0.3 is 0 Å². The normalized spacial score (nSPS) is 16.9. The molecule has 2 aromatic rings. The summed E-state index contributed by atoms with van der Waals surface area (Å²) in [7, 11) is 0. The fraction of sp³-hybridized carbons (Fsp3) is 0.333. The lowest BCUT2D eigenvalue weighted by Crippen LogP contribution is -2.29. The molecule has 5 heteroatoms. The number of hydrogen-bond donors (Lipinski definition) is 1. The number of benzene rings is 2. The Morgan fingerprint density at radius 1 is 1.08 bits per heavy atom. The third-order valence-corrected chi connectivity index (χ3v) is 5.09. The van der Waals surface area contributed by atoms with E-state index in [9.17, 15) is 9.59 Å². The van der Waals surface area contributed by atoms with Gasteiger partial charge in [-0.25, -0.2) is 0 Å². The van der Waals surface area contributed by atoms with E-state index >= 15 is 0 Å². The predicted molar refractivity (Wildman–Crippen MR) is 106 cm³/mol. The van der Waals surface area contributed by atoms with Gasteiger partial charge < -0.3 is 10.2 Å². The number of carbonyl (C=O) groups excluding carboxylic acids is 2. The topological polar surface area (TPSA) is 49.4 Å². The Labute approximate surface area is 159 Å². The zero-order valence-electron chi connectivity index (χ0n) is 15.5. The van der Waals surface area contributed by atoms with Crippen molar-refractivity contribution in [1.29, 1.82) is 0 Å². The molecule has 3 rings (SSSR count). The molecule has 1 aliphatic rings. The van der Waals surface area contributed by atoms with Gasteiger partial charge in [-0.2, -0.15) is 0 Å². The molecule has 1 aliphatic heterocycles. The second-order valence-electron chi connectivity index (χ2n) is 7.13. The predicted octanol–water partition coefficient (Wildman–Crippen LogP) is 4.57. The monoisotopic (exact) mass is 370 g/mol. The Bertz CT molecular complexity index is 869. The van der Waals surface area contributed by atoms with Crippen LogP contribution in [0.3, 0.4) is 0 Å². The summed E-state index contributed by atoms with van der Waals surface area (Å²) in [5.41, 5.74) is 5.65. The van der Waals surface area contributed by atoms with Crippen LogP contribution in [0.4, 0.5) is 11.4 Å². The molecule has 0 bridgehead atoms. The Kier molecular flexibility index (Phi) is 5.05. The van der Waals surface area contributed by atoms with Crippen LogP contribution in [-0.4, -0.2) is 18.4 Å². The molecule has 0 aromatic heterocycles. The van der Waals surface area contributed by atoms with Gasteiger partial charge in [-0.3, -0.25) is 9.59 Å². The molecule has 1 fully saturated rings. The first-order chi connectivity index (χ1) is 12.3. The standard InChI is InChI=1S/C21H23ClN2O2/c1-12-5-6-18(14(3)7-12)23-21(26)16-10-19(25)24(11-16)20-15(4)8-13(2)9-17(20)22/h5-9,16H,10-11H2,1-4H3,(H,23,26). The van der Waals surface area contributed by atoms with E-state index in [1.54, 1.807) is 4.90 Å². The lowest BCUT2D eigenvalue weighted by molar-refractivity contribution is -0.122. The molecule has 2 aromatic carbocycles. The number of amides is 2. The van der Waals surface area contributed by atoms with E-state index in [-0.39, 0.29) is 24.2 Å². The number of halogens is 1. The van der Waals surface area contributed by atoms with Crippen LogP contribution in [0.1, 0.15) is 28.7 Å². The molecular weight excluding hydrogens is 348 g/mol. The van der Waals surface area contributed by atoms with Gasteiger partial charge in [-0.15, -0.1) is 0 Å². The second-order valence-corrected chi connectivity index (χ2v) is 7.53. The molecule has 136 valence electrons. The minimum absolute atomic E-state index is 0.0698. The summed E-state index contributed by atoms with van der Waals surface area (Å²) in [4.78, 5) is 26.8. The van der Waals surface area contributed by atoms with Gasteiger partial charge in [0.25, 0.3) is 0 Å². The van der Waals surface area contributed by atoms with Gasteiger partial charge in [0.1, 0.15) is 0 Å². The summed E-state index contributed by atoms with van der Waals surface area (Å²) in [6.07, 6.45) is 0.195. The highest BCUT2D eigenvalue weighted by Gasteiger charge is 2.36. The first-order valence-corrected chi connectivity index (χ1v) is 9.09. The minimum atomic E-state index is -0.389. The molecule has 0 saturated carbocycles. The van der Waals surface area contributed by atoms with Gasteiger partial charge in [-0.05, 0) is 56.5 Å². The molecule has 1 saturated heterocycles. The van der Waals surface area contributed by atoms with Gasteiger partial charge in [0, 0.05) is 18.7 Å². The van der Waals surface area contributed by atoms with Crippen molar-refractivity contribution in [1.82, 2.24) is 0 Å². The third-order valence-electron chi connectivity index (χ3n) is 4.80. The highest BCUT2D eigenvalue weighted by Crippen LogP contribution is 2.35. The number of anilines is 2. The summed E-state index contributed by atoms with van der Waals surface area (Å²) in [6.45, 7) is 8.22. The first-order valence-electron chi connectivity index (χ1n) is 8.71. The molecule has 2 amide bonds. The molecule has 1 unspecified atom stereocenters. The van der Waals surface area contributed by atoms with Crippen molar-refractivity contribution >= 4 is 34.8 Å². The van der Waals surface area contributed by atoms with Crippen LogP contribution in [0, 0.1) is 33.6 Å². The molecule has 1 atom stereocenters. The lowest BCUT2D eigenvalue weighted by atomic mass is 10.1. The average Bonchev–Trinajstić information content (AvgIpc) is 2.91. The number of carbonyl (C=O) groups is 2. The van der Waals surface area contributed by atoms with E-state index < -0.39 is 0 Å². The highest BCUT2D eigenvalue weighted by molar-refractivity contribution is 6.34. The van der Waals surface area contributed by atoms with Crippen LogP contribution in [0.2, 0.25) is 5.02 Å². The van der Waals surface area contributed by atoms with E-state index in [0.717, 1.165) is 27.9 Å². The smallest absolute Gasteiger partial charge is 0.229 e. The maximum atomic E-state index is 12.7. The van der Waals surface area contributed by atoms with Crippen LogP contribution in [0.15, 0.2) is 30.3 Å². The Hall–Kier alpha value is -2.33. The quantitative estimate of drug-likeness (QED) is 0.860. The average molecular weight is 371 g/mol. The number of rotatable bonds is 3. The third kappa shape index (κ3) is 3.61. The van der Waals surface area contributed by atoms with Crippen LogP contribution >= 0.6 is 11.6 Å². The molecule has 1 heterocycles. The fourth-order valence-electron chi connectivity index (χ4n) is 3.54. The summed E-state index contributed by atoms with van der Waals surface area (Å²) in [5.74, 6) is -0.590.